The van der Waals surface area contributed by atoms with E-state index in [-0.39, 0.29) is 17.0 Å². The molecule has 2 aromatic rings. The molecule has 0 saturated carbocycles. The van der Waals surface area contributed by atoms with Gasteiger partial charge < -0.3 is 4.42 Å². The molecule has 26 heavy (non-hydrogen) atoms. The number of unbranched alkanes of at least 4 members (excludes halogenated alkanes) is 1. The van der Waals surface area contributed by atoms with Gasteiger partial charge in [-0.2, -0.15) is 5.10 Å². The predicted octanol–water partition coefficient (Wildman–Crippen LogP) is 4.44. The third-order valence-electron chi connectivity index (χ3n) is 3.97. The number of carbonyl (C=O) groups excluding carboxylic acids is 1. The molecule has 1 aromatic carbocycles. The van der Waals surface area contributed by atoms with Gasteiger partial charge in [0.15, 0.2) is 5.17 Å². The van der Waals surface area contributed by atoms with E-state index in [4.69, 9.17) is 4.42 Å². The van der Waals surface area contributed by atoms with E-state index in [0.717, 1.165) is 24.8 Å². The molecule has 0 bridgehead atoms. The molecule has 1 aliphatic rings. The SMILES string of the molecule is CCCC[C@H]1S/C(=N/N=C\c2ccco2)N(Cc2ccc(F)cc2)C1=O. The number of benzene rings is 1. The summed E-state index contributed by atoms with van der Waals surface area (Å²) >= 11 is 1.43. The first-order chi connectivity index (χ1) is 12.7. The molecule has 1 amide bonds. The maximum absolute atomic E-state index is 13.1. The van der Waals surface area contributed by atoms with Crippen LogP contribution in [0.2, 0.25) is 0 Å². The molecule has 0 N–H and O–H groups in total. The van der Waals surface area contributed by atoms with E-state index in [1.165, 1.54) is 30.1 Å². The Morgan fingerprint density at radius 1 is 1.31 bits per heavy atom. The van der Waals surface area contributed by atoms with Gasteiger partial charge in [0, 0.05) is 0 Å². The van der Waals surface area contributed by atoms with Crippen LogP contribution in [0.1, 0.15) is 37.5 Å². The first kappa shape index (κ1) is 18.4. The summed E-state index contributed by atoms with van der Waals surface area (Å²) in [5.41, 5.74) is 0.846. The summed E-state index contributed by atoms with van der Waals surface area (Å²) in [7, 11) is 0. The van der Waals surface area contributed by atoms with Crippen LogP contribution in [0.15, 0.2) is 57.3 Å². The van der Waals surface area contributed by atoms with Crippen molar-refractivity contribution in [3.63, 3.8) is 0 Å². The van der Waals surface area contributed by atoms with Crippen LogP contribution in [0.3, 0.4) is 0 Å². The first-order valence-electron chi connectivity index (χ1n) is 8.54. The van der Waals surface area contributed by atoms with Gasteiger partial charge in [0.2, 0.25) is 5.91 Å². The summed E-state index contributed by atoms with van der Waals surface area (Å²) < 4.78 is 18.3. The summed E-state index contributed by atoms with van der Waals surface area (Å²) in [5.74, 6) is 0.324. The molecule has 5 nitrogen and oxygen atoms in total. The zero-order chi connectivity index (χ0) is 18.4. The fourth-order valence-corrected chi connectivity index (χ4v) is 3.72. The maximum atomic E-state index is 13.1. The van der Waals surface area contributed by atoms with Gasteiger partial charge in [0.05, 0.1) is 24.3 Å². The van der Waals surface area contributed by atoms with Crippen molar-refractivity contribution in [2.75, 3.05) is 0 Å². The first-order valence-corrected chi connectivity index (χ1v) is 9.42. The summed E-state index contributed by atoms with van der Waals surface area (Å²) in [4.78, 5) is 14.4. The topological polar surface area (TPSA) is 58.2 Å². The summed E-state index contributed by atoms with van der Waals surface area (Å²) in [6.45, 7) is 2.45. The average molecular weight is 373 g/mol. The molecule has 3 rings (SSSR count). The van der Waals surface area contributed by atoms with E-state index < -0.39 is 0 Å². The number of furan rings is 1. The van der Waals surface area contributed by atoms with Gasteiger partial charge in [0.25, 0.3) is 0 Å². The number of amides is 1. The van der Waals surface area contributed by atoms with Crippen LogP contribution < -0.4 is 0 Å². The van der Waals surface area contributed by atoms with Crippen molar-refractivity contribution in [2.45, 2.75) is 38.0 Å². The summed E-state index contributed by atoms with van der Waals surface area (Å²) in [6.07, 6.45) is 5.89. The van der Waals surface area contributed by atoms with Crippen molar-refractivity contribution in [1.82, 2.24) is 4.90 Å². The summed E-state index contributed by atoms with van der Waals surface area (Å²) in [6, 6.07) is 9.68. The van der Waals surface area contributed by atoms with Crippen LogP contribution in [0.25, 0.3) is 0 Å². The second-order valence-electron chi connectivity index (χ2n) is 5.94. The highest BCUT2D eigenvalue weighted by Crippen LogP contribution is 2.32. The second-order valence-corrected chi connectivity index (χ2v) is 7.11. The molecule has 1 aliphatic heterocycles. The molecule has 1 fully saturated rings. The number of nitrogens with zero attached hydrogens (tertiary/aromatic N) is 3. The highest BCUT2D eigenvalue weighted by Gasteiger charge is 2.37. The highest BCUT2D eigenvalue weighted by atomic mass is 32.2. The lowest BCUT2D eigenvalue weighted by Crippen LogP contribution is -2.31. The quantitative estimate of drug-likeness (QED) is 0.532. The molecule has 2 heterocycles. The molecule has 0 unspecified atom stereocenters. The van der Waals surface area contributed by atoms with Gasteiger partial charge >= 0.3 is 0 Å². The van der Waals surface area contributed by atoms with Gasteiger partial charge in [0.1, 0.15) is 11.6 Å². The van der Waals surface area contributed by atoms with E-state index in [9.17, 15) is 9.18 Å². The minimum absolute atomic E-state index is 0.0275. The molecule has 1 aromatic heterocycles. The van der Waals surface area contributed by atoms with Crippen molar-refractivity contribution in [3.05, 3.63) is 59.8 Å². The largest absolute Gasteiger partial charge is 0.463 e. The molecular weight excluding hydrogens is 353 g/mol. The molecule has 136 valence electrons. The highest BCUT2D eigenvalue weighted by molar-refractivity contribution is 8.15. The number of thioether (sulfide) groups is 1. The van der Waals surface area contributed by atoms with Crippen LogP contribution in [0.5, 0.6) is 0 Å². The lowest BCUT2D eigenvalue weighted by atomic mass is 10.1. The van der Waals surface area contributed by atoms with Gasteiger partial charge in [-0.25, -0.2) is 4.39 Å². The third kappa shape index (κ3) is 4.60. The van der Waals surface area contributed by atoms with Gasteiger partial charge in [-0.1, -0.05) is 43.7 Å². The van der Waals surface area contributed by atoms with Gasteiger partial charge in [-0.05, 0) is 36.2 Å². The van der Waals surface area contributed by atoms with E-state index >= 15 is 0 Å². The fraction of sp³-hybridized carbons (Fsp3) is 0.316. The Morgan fingerprint density at radius 3 is 2.81 bits per heavy atom. The minimum atomic E-state index is -0.298. The van der Waals surface area contributed by atoms with Crippen LogP contribution in [0, 0.1) is 5.82 Å². The molecule has 0 aliphatic carbocycles. The van der Waals surface area contributed by atoms with Crippen molar-refractivity contribution in [2.24, 2.45) is 10.2 Å². The molecule has 1 saturated heterocycles. The Bertz CT molecular complexity index is 788. The average Bonchev–Trinajstić information content (AvgIpc) is 3.25. The standard InChI is InChI=1S/C19H20FN3O2S/c1-2-3-6-17-18(24)23(13-14-7-9-15(20)10-8-14)19(26-17)22-21-12-16-5-4-11-25-16/h4-5,7-12,17H,2-3,6,13H2,1H3/b21-12-,22-19+/t17-/m1/s1. The van der Waals surface area contributed by atoms with Crippen molar-refractivity contribution in [3.8, 4) is 0 Å². The lowest BCUT2D eigenvalue weighted by molar-refractivity contribution is -0.126. The zero-order valence-electron chi connectivity index (χ0n) is 14.5. The second kappa shape index (κ2) is 8.80. The Hall–Kier alpha value is -2.41. The Balaban J connectivity index is 1.78. The molecule has 0 spiro atoms. The Kier molecular flexibility index (Phi) is 6.22. The Morgan fingerprint density at radius 2 is 2.12 bits per heavy atom. The van der Waals surface area contributed by atoms with Crippen molar-refractivity contribution in [1.29, 1.82) is 0 Å². The van der Waals surface area contributed by atoms with E-state index in [1.54, 1.807) is 35.4 Å². The van der Waals surface area contributed by atoms with E-state index in [1.807, 2.05) is 0 Å². The van der Waals surface area contributed by atoms with Crippen molar-refractivity contribution < 1.29 is 13.6 Å². The minimum Gasteiger partial charge on any atom is -0.463 e. The van der Waals surface area contributed by atoms with Crippen LogP contribution in [-0.2, 0) is 11.3 Å². The maximum Gasteiger partial charge on any atom is 0.242 e. The third-order valence-corrected chi connectivity index (χ3v) is 5.20. The molecular formula is C19H20FN3O2S. The molecule has 7 heteroatoms. The zero-order valence-corrected chi connectivity index (χ0v) is 15.3. The number of hydrogen-bond acceptors (Lipinski definition) is 5. The predicted molar refractivity (Wildman–Crippen MR) is 102 cm³/mol. The van der Waals surface area contributed by atoms with E-state index in [0.29, 0.717) is 17.5 Å². The number of hydrogen-bond donors (Lipinski definition) is 0. The van der Waals surface area contributed by atoms with Crippen LogP contribution >= 0.6 is 11.8 Å². The monoisotopic (exact) mass is 373 g/mol. The smallest absolute Gasteiger partial charge is 0.242 e. The number of amidine groups is 1. The fourth-order valence-electron chi connectivity index (χ4n) is 2.58. The number of halogens is 1. The lowest BCUT2D eigenvalue weighted by Gasteiger charge is -2.15. The Labute approximate surface area is 156 Å². The van der Waals surface area contributed by atoms with Crippen LogP contribution in [0.4, 0.5) is 4.39 Å². The number of carbonyl (C=O) groups is 1. The normalized spacial score (nSPS) is 19.2. The van der Waals surface area contributed by atoms with Gasteiger partial charge in [-0.3, -0.25) is 9.69 Å². The van der Waals surface area contributed by atoms with Crippen molar-refractivity contribution >= 4 is 29.1 Å². The van der Waals surface area contributed by atoms with Gasteiger partial charge in [-0.15, -0.1) is 5.10 Å². The summed E-state index contributed by atoms with van der Waals surface area (Å²) in [5, 5.41) is 8.68. The van der Waals surface area contributed by atoms with E-state index in [2.05, 4.69) is 17.1 Å². The number of rotatable bonds is 7. The van der Waals surface area contributed by atoms with Crippen LogP contribution in [-0.4, -0.2) is 27.4 Å². The molecule has 1 atom stereocenters. The molecule has 0 radical (unpaired) electrons.